The zero-order valence-corrected chi connectivity index (χ0v) is 31.9. The summed E-state index contributed by atoms with van der Waals surface area (Å²) in [5.41, 5.74) is 17.5. The van der Waals surface area contributed by atoms with E-state index in [0.29, 0.717) is 0 Å². The molecule has 0 atom stereocenters. The molecule has 0 amide bonds. The molecule has 2 heteroatoms. The molecule has 1 heterocycles. The molecule has 0 saturated carbocycles. The van der Waals surface area contributed by atoms with Gasteiger partial charge in [0.2, 0.25) is 0 Å². The number of fused-ring (bicyclic) bond motifs is 7. The lowest BCUT2D eigenvalue weighted by Crippen LogP contribution is -2.16. The molecular weight excluding hydrogens is 691 g/mol. The van der Waals surface area contributed by atoms with Crippen LogP contribution in [-0.4, -0.2) is 0 Å². The second-order valence-corrected chi connectivity index (χ2v) is 15.7. The molecule has 0 bridgehead atoms. The van der Waals surface area contributed by atoms with Gasteiger partial charge in [-0.15, -0.1) is 0 Å². The molecule has 0 spiro atoms. The summed E-state index contributed by atoms with van der Waals surface area (Å²) in [6.45, 7) is 4.73. The maximum absolute atomic E-state index is 6.46. The van der Waals surface area contributed by atoms with Crippen molar-refractivity contribution in [2.45, 2.75) is 19.3 Å². The van der Waals surface area contributed by atoms with E-state index in [4.69, 9.17) is 4.42 Å². The Balaban J connectivity index is 1.08. The van der Waals surface area contributed by atoms with E-state index in [9.17, 15) is 0 Å². The minimum absolute atomic E-state index is 0.187. The van der Waals surface area contributed by atoms with Crippen molar-refractivity contribution in [1.29, 1.82) is 0 Å². The molecule has 9 aromatic carbocycles. The summed E-state index contributed by atoms with van der Waals surface area (Å²) >= 11 is 0. The van der Waals surface area contributed by atoms with Crippen molar-refractivity contribution < 1.29 is 4.42 Å². The van der Waals surface area contributed by atoms with Crippen LogP contribution in [0.3, 0.4) is 0 Å². The first-order valence-electron chi connectivity index (χ1n) is 19.8. The van der Waals surface area contributed by atoms with Crippen LogP contribution < -0.4 is 4.90 Å². The van der Waals surface area contributed by atoms with Crippen molar-refractivity contribution in [1.82, 2.24) is 0 Å². The Morgan fingerprint density at radius 2 is 0.965 bits per heavy atom. The number of hydrogen-bond donors (Lipinski definition) is 0. The highest BCUT2D eigenvalue weighted by molar-refractivity contribution is 6.07. The van der Waals surface area contributed by atoms with Crippen LogP contribution in [0.5, 0.6) is 0 Å². The minimum Gasteiger partial charge on any atom is -0.456 e. The van der Waals surface area contributed by atoms with Gasteiger partial charge in [0.15, 0.2) is 0 Å². The third-order valence-corrected chi connectivity index (χ3v) is 12.1. The van der Waals surface area contributed by atoms with Gasteiger partial charge in [0.25, 0.3) is 0 Å². The van der Waals surface area contributed by atoms with Crippen LogP contribution in [0.15, 0.2) is 205 Å². The standard InChI is InChI=1S/C55H39NO/c1-55(2)49-22-13-21-44(36-14-5-3-6-15-36)54(49)48-33-30-41(34-50(48)55)56(42-29-32-47-46-20-11-12-23-51(46)57-52(47)35-42)40-27-24-38(25-28-40)45-31-26-37-16-9-10-19-43(37)53(45)39-17-7-4-8-18-39/h3-35H,1-2H3. The molecule has 0 saturated heterocycles. The molecule has 1 aliphatic rings. The summed E-state index contributed by atoms with van der Waals surface area (Å²) in [6, 6.07) is 72.6. The summed E-state index contributed by atoms with van der Waals surface area (Å²) < 4.78 is 6.46. The Bertz CT molecular complexity index is 3140. The third kappa shape index (κ3) is 5.33. The molecule has 0 unspecified atom stereocenters. The fourth-order valence-corrected chi connectivity index (χ4v) is 9.29. The highest BCUT2D eigenvalue weighted by Crippen LogP contribution is 2.54. The van der Waals surface area contributed by atoms with Gasteiger partial charge < -0.3 is 9.32 Å². The first kappa shape index (κ1) is 33.2. The quantitative estimate of drug-likeness (QED) is 0.169. The first-order valence-corrected chi connectivity index (χ1v) is 19.8. The van der Waals surface area contributed by atoms with E-state index in [-0.39, 0.29) is 5.41 Å². The van der Waals surface area contributed by atoms with Gasteiger partial charge in [-0.25, -0.2) is 0 Å². The Kier molecular flexibility index (Phi) is 7.55. The van der Waals surface area contributed by atoms with Crippen LogP contribution in [0.2, 0.25) is 0 Å². The van der Waals surface area contributed by atoms with Gasteiger partial charge in [0, 0.05) is 39.3 Å². The molecule has 0 fully saturated rings. The van der Waals surface area contributed by atoms with Gasteiger partial charge in [-0.3, -0.25) is 0 Å². The summed E-state index contributed by atoms with van der Waals surface area (Å²) in [7, 11) is 0. The van der Waals surface area contributed by atoms with Crippen LogP contribution in [0.4, 0.5) is 17.1 Å². The lowest BCUT2D eigenvalue weighted by molar-refractivity contribution is 0.660. The molecule has 57 heavy (non-hydrogen) atoms. The number of nitrogens with zero attached hydrogens (tertiary/aromatic N) is 1. The van der Waals surface area contributed by atoms with Crippen LogP contribution in [0.25, 0.3) is 77.2 Å². The monoisotopic (exact) mass is 729 g/mol. The van der Waals surface area contributed by atoms with Gasteiger partial charge in [0.1, 0.15) is 11.2 Å². The molecule has 0 aliphatic heterocycles. The summed E-state index contributed by atoms with van der Waals surface area (Å²) in [5.74, 6) is 0. The van der Waals surface area contributed by atoms with Crippen molar-refractivity contribution in [3.05, 3.63) is 211 Å². The SMILES string of the molecule is CC1(C)c2cc(N(c3ccc(-c4ccc5ccccc5c4-c4ccccc4)cc3)c3ccc4c(c3)oc3ccccc34)ccc2-c2c(-c3ccccc3)cccc21. The van der Waals surface area contributed by atoms with Crippen LogP contribution in [0, 0.1) is 0 Å². The molecule has 2 nitrogen and oxygen atoms in total. The molecule has 1 aromatic heterocycles. The van der Waals surface area contributed by atoms with Crippen molar-refractivity contribution in [2.75, 3.05) is 4.90 Å². The van der Waals surface area contributed by atoms with Gasteiger partial charge >= 0.3 is 0 Å². The Labute approximate surface area is 332 Å². The van der Waals surface area contributed by atoms with Crippen molar-refractivity contribution in [2.24, 2.45) is 0 Å². The summed E-state index contributed by atoms with van der Waals surface area (Å²) in [4.78, 5) is 2.38. The highest BCUT2D eigenvalue weighted by atomic mass is 16.3. The number of rotatable bonds is 6. The number of para-hydroxylation sites is 1. The number of hydrogen-bond acceptors (Lipinski definition) is 2. The molecule has 0 radical (unpaired) electrons. The van der Waals surface area contributed by atoms with Crippen molar-refractivity contribution in [3.8, 4) is 44.5 Å². The number of benzene rings is 9. The van der Waals surface area contributed by atoms with Gasteiger partial charge in [-0.05, 0) is 109 Å². The van der Waals surface area contributed by atoms with E-state index in [1.807, 2.05) is 12.1 Å². The summed E-state index contributed by atoms with van der Waals surface area (Å²) in [5, 5.41) is 4.74. The van der Waals surface area contributed by atoms with Crippen molar-refractivity contribution in [3.63, 3.8) is 0 Å². The highest BCUT2D eigenvalue weighted by Gasteiger charge is 2.37. The van der Waals surface area contributed by atoms with Crippen LogP contribution >= 0.6 is 0 Å². The van der Waals surface area contributed by atoms with Crippen LogP contribution in [0.1, 0.15) is 25.0 Å². The van der Waals surface area contributed by atoms with E-state index >= 15 is 0 Å². The Morgan fingerprint density at radius 3 is 1.77 bits per heavy atom. The third-order valence-electron chi connectivity index (χ3n) is 12.1. The van der Waals surface area contributed by atoms with Crippen molar-refractivity contribution >= 4 is 49.8 Å². The minimum atomic E-state index is -0.187. The molecule has 1 aliphatic carbocycles. The number of furan rings is 1. The largest absolute Gasteiger partial charge is 0.456 e. The lowest BCUT2D eigenvalue weighted by atomic mass is 9.81. The van der Waals surface area contributed by atoms with Crippen LogP contribution in [-0.2, 0) is 5.41 Å². The van der Waals surface area contributed by atoms with E-state index in [1.165, 1.54) is 66.4 Å². The topological polar surface area (TPSA) is 16.4 Å². The predicted octanol–water partition coefficient (Wildman–Crippen LogP) is 15.5. The predicted molar refractivity (Wildman–Crippen MR) is 240 cm³/mol. The molecule has 270 valence electrons. The maximum Gasteiger partial charge on any atom is 0.137 e. The van der Waals surface area contributed by atoms with Gasteiger partial charge in [-0.1, -0.05) is 166 Å². The molecular formula is C55H39NO. The zero-order valence-electron chi connectivity index (χ0n) is 31.9. The smallest absolute Gasteiger partial charge is 0.137 e. The Hall–Kier alpha value is -7.16. The summed E-state index contributed by atoms with van der Waals surface area (Å²) in [6.07, 6.45) is 0. The molecule has 11 rings (SSSR count). The lowest BCUT2D eigenvalue weighted by Gasteiger charge is -2.28. The second kappa shape index (κ2) is 13.0. The number of anilines is 3. The molecule has 0 N–H and O–H groups in total. The molecule has 10 aromatic rings. The first-order chi connectivity index (χ1) is 28.0. The van der Waals surface area contributed by atoms with E-state index < -0.39 is 0 Å². The van der Waals surface area contributed by atoms with E-state index in [2.05, 4.69) is 207 Å². The second-order valence-electron chi connectivity index (χ2n) is 15.7. The maximum atomic E-state index is 6.46. The average molecular weight is 730 g/mol. The normalized spacial score (nSPS) is 12.9. The van der Waals surface area contributed by atoms with Gasteiger partial charge in [0.05, 0.1) is 0 Å². The average Bonchev–Trinajstić information content (AvgIpc) is 3.75. The van der Waals surface area contributed by atoms with E-state index in [1.54, 1.807) is 0 Å². The Morgan fingerprint density at radius 1 is 0.368 bits per heavy atom. The van der Waals surface area contributed by atoms with E-state index in [0.717, 1.165) is 39.0 Å². The fraction of sp³-hybridized carbons (Fsp3) is 0.0545. The van der Waals surface area contributed by atoms with Gasteiger partial charge in [-0.2, -0.15) is 0 Å². The zero-order chi connectivity index (χ0) is 38.1. The fourth-order valence-electron chi connectivity index (χ4n) is 9.29.